The third-order valence-electron chi connectivity index (χ3n) is 3.66. The van der Waals surface area contributed by atoms with Crippen LogP contribution in [0.25, 0.3) is 0 Å². The molecule has 1 atom stereocenters. The molecular weight excluding hydrogens is 274 g/mol. The maximum atomic E-state index is 12.3. The summed E-state index contributed by atoms with van der Waals surface area (Å²) in [5.74, 6) is 0.609. The molecule has 0 saturated heterocycles. The molecule has 1 amide bonds. The Bertz CT molecular complexity index is 664. The summed E-state index contributed by atoms with van der Waals surface area (Å²) in [4.78, 5) is 12.3. The van der Waals surface area contributed by atoms with Gasteiger partial charge >= 0.3 is 0 Å². The first-order valence-corrected chi connectivity index (χ1v) is 7.64. The average Bonchev–Trinajstić information content (AvgIpc) is 2.50. The fourth-order valence-electron chi connectivity index (χ4n) is 2.36. The summed E-state index contributed by atoms with van der Waals surface area (Å²) >= 11 is 0. The van der Waals surface area contributed by atoms with E-state index >= 15 is 0 Å². The average molecular weight is 297 g/mol. The van der Waals surface area contributed by atoms with Crippen LogP contribution >= 0.6 is 0 Å². The Morgan fingerprint density at radius 2 is 1.91 bits per heavy atom. The third-order valence-corrected chi connectivity index (χ3v) is 3.66. The Kier molecular flexibility index (Phi) is 5.21. The lowest BCUT2D eigenvalue weighted by Gasteiger charge is -2.17. The number of carbonyl (C=O) groups excluding carboxylic acids is 1. The third kappa shape index (κ3) is 3.88. The molecule has 0 fully saturated rings. The number of aryl methyl sites for hydroxylation is 3. The summed E-state index contributed by atoms with van der Waals surface area (Å²) in [6.07, 6.45) is 0.328. The molecular formula is C19H23NO2. The van der Waals surface area contributed by atoms with Crippen molar-refractivity contribution < 1.29 is 9.53 Å². The molecule has 0 aliphatic carbocycles. The summed E-state index contributed by atoms with van der Waals surface area (Å²) < 4.78 is 5.80. The second-order valence-corrected chi connectivity index (χ2v) is 5.53. The minimum Gasteiger partial charge on any atom is -0.481 e. The van der Waals surface area contributed by atoms with Crippen LogP contribution in [0.15, 0.2) is 42.5 Å². The highest BCUT2D eigenvalue weighted by Crippen LogP contribution is 2.21. The number of amides is 1. The van der Waals surface area contributed by atoms with E-state index in [0.717, 1.165) is 29.0 Å². The predicted molar refractivity (Wildman–Crippen MR) is 90.5 cm³/mol. The molecule has 22 heavy (non-hydrogen) atoms. The first kappa shape index (κ1) is 16.1. The van der Waals surface area contributed by atoms with Crippen LogP contribution in [0.5, 0.6) is 5.75 Å². The number of benzene rings is 2. The molecule has 0 heterocycles. The van der Waals surface area contributed by atoms with E-state index in [1.54, 1.807) is 6.92 Å². The molecule has 2 aromatic rings. The number of nitrogens with one attached hydrogen (secondary N) is 1. The van der Waals surface area contributed by atoms with Crippen molar-refractivity contribution >= 4 is 11.6 Å². The number of hydrogen-bond acceptors (Lipinski definition) is 2. The zero-order chi connectivity index (χ0) is 16.1. The van der Waals surface area contributed by atoms with Crippen LogP contribution in [-0.4, -0.2) is 12.0 Å². The Morgan fingerprint density at radius 3 is 2.59 bits per heavy atom. The van der Waals surface area contributed by atoms with Gasteiger partial charge in [0.25, 0.3) is 5.91 Å². The molecule has 2 aromatic carbocycles. The van der Waals surface area contributed by atoms with E-state index in [9.17, 15) is 4.79 Å². The number of carbonyl (C=O) groups is 1. The van der Waals surface area contributed by atoms with Gasteiger partial charge in [0.05, 0.1) is 0 Å². The van der Waals surface area contributed by atoms with Crippen molar-refractivity contribution in [1.82, 2.24) is 0 Å². The Morgan fingerprint density at radius 1 is 1.18 bits per heavy atom. The zero-order valence-electron chi connectivity index (χ0n) is 13.6. The van der Waals surface area contributed by atoms with Crippen LogP contribution in [0.4, 0.5) is 5.69 Å². The normalized spacial score (nSPS) is 11.8. The maximum Gasteiger partial charge on any atom is 0.265 e. The fraction of sp³-hybridized carbons (Fsp3) is 0.316. The van der Waals surface area contributed by atoms with E-state index in [1.165, 1.54) is 5.56 Å². The van der Waals surface area contributed by atoms with Gasteiger partial charge in [-0.25, -0.2) is 0 Å². The molecule has 0 aliphatic rings. The highest BCUT2D eigenvalue weighted by Gasteiger charge is 2.16. The van der Waals surface area contributed by atoms with Crippen molar-refractivity contribution in [2.45, 2.75) is 40.2 Å². The number of rotatable bonds is 5. The smallest absolute Gasteiger partial charge is 0.265 e. The van der Waals surface area contributed by atoms with Gasteiger partial charge in [0.2, 0.25) is 0 Å². The molecule has 0 saturated carbocycles. The van der Waals surface area contributed by atoms with Crippen molar-refractivity contribution in [2.24, 2.45) is 0 Å². The van der Waals surface area contributed by atoms with Crippen molar-refractivity contribution in [2.75, 3.05) is 5.32 Å². The zero-order valence-corrected chi connectivity index (χ0v) is 13.6. The number of para-hydroxylation sites is 1. The molecule has 0 aromatic heterocycles. The highest BCUT2D eigenvalue weighted by atomic mass is 16.5. The summed E-state index contributed by atoms with van der Waals surface area (Å²) in [5.41, 5.74) is 4.19. The van der Waals surface area contributed by atoms with Gasteiger partial charge in [0, 0.05) is 5.69 Å². The number of ether oxygens (including phenoxy) is 1. The van der Waals surface area contributed by atoms with Crippen LogP contribution in [-0.2, 0) is 11.2 Å². The van der Waals surface area contributed by atoms with Gasteiger partial charge in [-0.05, 0) is 50.5 Å². The molecule has 0 spiro atoms. The van der Waals surface area contributed by atoms with Gasteiger partial charge in [-0.1, -0.05) is 42.8 Å². The maximum absolute atomic E-state index is 12.3. The fourth-order valence-corrected chi connectivity index (χ4v) is 2.36. The SMILES string of the molecule is CCc1ccccc1NC(=O)[C@H](C)Oc1ccc(C)cc1C. The van der Waals surface area contributed by atoms with Gasteiger partial charge in [-0.15, -0.1) is 0 Å². The first-order valence-electron chi connectivity index (χ1n) is 7.64. The van der Waals surface area contributed by atoms with Crippen LogP contribution in [0.1, 0.15) is 30.5 Å². The Balaban J connectivity index is 2.06. The van der Waals surface area contributed by atoms with Crippen LogP contribution < -0.4 is 10.1 Å². The molecule has 0 aliphatic heterocycles. The van der Waals surface area contributed by atoms with Gasteiger partial charge in [-0.2, -0.15) is 0 Å². The Labute approximate surface area is 132 Å². The minimum atomic E-state index is -0.550. The van der Waals surface area contributed by atoms with Crippen molar-refractivity contribution in [3.05, 3.63) is 59.2 Å². The van der Waals surface area contributed by atoms with E-state index in [-0.39, 0.29) is 5.91 Å². The number of hydrogen-bond donors (Lipinski definition) is 1. The summed E-state index contributed by atoms with van der Waals surface area (Å²) in [6.45, 7) is 7.86. The molecule has 0 unspecified atom stereocenters. The van der Waals surface area contributed by atoms with Crippen molar-refractivity contribution in [3.63, 3.8) is 0 Å². The molecule has 1 N–H and O–H groups in total. The standard InChI is InChI=1S/C19H23NO2/c1-5-16-8-6-7-9-17(16)20-19(21)15(4)22-18-11-10-13(2)12-14(18)3/h6-12,15H,5H2,1-4H3,(H,20,21)/t15-/m0/s1. The first-order chi connectivity index (χ1) is 10.5. The van der Waals surface area contributed by atoms with Gasteiger partial charge < -0.3 is 10.1 Å². The van der Waals surface area contributed by atoms with E-state index in [2.05, 4.69) is 12.2 Å². The summed E-state index contributed by atoms with van der Waals surface area (Å²) in [7, 11) is 0. The molecule has 0 bridgehead atoms. The van der Waals surface area contributed by atoms with Crippen LogP contribution in [0.2, 0.25) is 0 Å². The van der Waals surface area contributed by atoms with Gasteiger partial charge in [0.1, 0.15) is 5.75 Å². The van der Waals surface area contributed by atoms with Crippen LogP contribution in [0.3, 0.4) is 0 Å². The van der Waals surface area contributed by atoms with E-state index in [4.69, 9.17) is 4.74 Å². The van der Waals surface area contributed by atoms with E-state index in [1.807, 2.05) is 56.3 Å². The van der Waals surface area contributed by atoms with Gasteiger partial charge in [-0.3, -0.25) is 4.79 Å². The lowest BCUT2D eigenvalue weighted by Crippen LogP contribution is -2.30. The Hall–Kier alpha value is -2.29. The van der Waals surface area contributed by atoms with Crippen molar-refractivity contribution in [3.8, 4) is 5.75 Å². The topological polar surface area (TPSA) is 38.3 Å². The van der Waals surface area contributed by atoms with E-state index < -0.39 is 6.10 Å². The van der Waals surface area contributed by atoms with Gasteiger partial charge in [0.15, 0.2) is 6.10 Å². The van der Waals surface area contributed by atoms with E-state index in [0.29, 0.717) is 0 Å². The number of anilines is 1. The summed E-state index contributed by atoms with van der Waals surface area (Å²) in [6, 6.07) is 13.8. The summed E-state index contributed by atoms with van der Waals surface area (Å²) in [5, 5.41) is 2.95. The predicted octanol–water partition coefficient (Wildman–Crippen LogP) is 4.27. The monoisotopic (exact) mass is 297 g/mol. The lowest BCUT2D eigenvalue weighted by molar-refractivity contribution is -0.122. The molecule has 3 heteroatoms. The molecule has 116 valence electrons. The minimum absolute atomic E-state index is 0.138. The highest BCUT2D eigenvalue weighted by molar-refractivity contribution is 5.94. The van der Waals surface area contributed by atoms with Crippen LogP contribution in [0, 0.1) is 13.8 Å². The van der Waals surface area contributed by atoms with Crippen molar-refractivity contribution in [1.29, 1.82) is 0 Å². The lowest BCUT2D eigenvalue weighted by atomic mass is 10.1. The molecule has 0 radical (unpaired) electrons. The molecule has 3 nitrogen and oxygen atoms in total. The second-order valence-electron chi connectivity index (χ2n) is 5.53. The molecule has 2 rings (SSSR count). The largest absolute Gasteiger partial charge is 0.481 e. The quantitative estimate of drug-likeness (QED) is 0.895. The second kappa shape index (κ2) is 7.12.